The van der Waals surface area contributed by atoms with Gasteiger partial charge in [-0.1, -0.05) is 103 Å². The number of halogens is 1. The van der Waals surface area contributed by atoms with Crippen LogP contribution in [0.5, 0.6) is 17.2 Å². The summed E-state index contributed by atoms with van der Waals surface area (Å²) in [7, 11) is 1.78. The van der Waals surface area contributed by atoms with E-state index in [-0.39, 0.29) is 106 Å². The van der Waals surface area contributed by atoms with Gasteiger partial charge in [0.1, 0.15) is 23.1 Å². The van der Waals surface area contributed by atoms with Crippen LogP contribution >= 0.6 is 0 Å². The minimum absolute atomic E-state index is 0.0349. The van der Waals surface area contributed by atoms with E-state index < -0.39 is 20.6 Å². The van der Waals surface area contributed by atoms with Gasteiger partial charge in [0.15, 0.2) is 0 Å². The van der Waals surface area contributed by atoms with Gasteiger partial charge in [-0.15, -0.1) is 0 Å². The van der Waals surface area contributed by atoms with Crippen LogP contribution in [-0.2, 0) is 30.4 Å². The quantitative estimate of drug-likeness (QED) is 0.0236. The van der Waals surface area contributed by atoms with E-state index in [1.54, 1.807) is 109 Å². The number of pyridine rings is 4. The fraction of sp³-hybridized carbons (Fsp3) is 0.304. The number of rotatable bonds is 27. The Hall–Kier alpha value is -16.2. The second-order valence-corrected chi connectivity index (χ2v) is 37.9. The van der Waals surface area contributed by atoms with Crippen LogP contribution in [0.4, 0.5) is 27.1 Å². The van der Waals surface area contributed by atoms with Gasteiger partial charge in [-0.25, -0.2) is 4.39 Å². The van der Waals surface area contributed by atoms with Crippen molar-refractivity contribution in [3.05, 3.63) is 381 Å². The summed E-state index contributed by atoms with van der Waals surface area (Å²) in [6.07, 6.45) is 27.5. The number of likely N-dealkylation sites (N-methyl/N-ethyl adjacent to an activating group) is 1. The summed E-state index contributed by atoms with van der Waals surface area (Å²) in [6.45, 7) is 4.47. The molecule has 0 unspecified atom stereocenters. The molecular formula is C115H113FN14O16. The van der Waals surface area contributed by atoms with Crippen molar-refractivity contribution in [1.29, 1.82) is 0 Å². The highest BCUT2D eigenvalue weighted by Crippen LogP contribution is 2.42. The molecule has 8 aliphatic rings. The van der Waals surface area contributed by atoms with E-state index >= 15 is 0 Å². The Morgan fingerprint density at radius 2 is 0.699 bits per heavy atom. The van der Waals surface area contributed by atoms with Crippen molar-refractivity contribution in [3.8, 4) is 62.3 Å². The van der Waals surface area contributed by atoms with Crippen molar-refractivity contribution in [3.63, 3.8) is 0 Å². The minimum Gasteiger partial charge on any atom is -0.490 e. The molecule has 7 aliphatic carbocycles. The fourth-order valence-corrected chi connectivity index (χ4v) is 19.6. The molecule has 4 fully saturated rings. The highest BCUT2D eigenvalue weighted by Gasteiger charge is 2.33. The maximum atomic E-state index is 13.7. The number of aryl methyl sites for hydroxylation is 4. The van der Waals surface area contributed by atoms with Gasteiger partial charge in [0.2, 0.25) is 0 Å². The number of nitrogens with one attached hydrogen (secondary N) is 5. The van der Waals surface area contributed by atoms with Crippen LogP contribution in [0.3, 0.4) is 0 Å². The molecule has 5 N–H and O–H groups in total. The molecule has 0 radical (unpaired) electrons. The van der Waals surface area contributed by atoms with Crippen molar-refractivity contribution in [2.45, 2.75) is 177 Å². The molecule has 9 aromatic carbocycles. The Morgan fingerprint density at radius 1 is 0.370 bits per heavy atom. The monoisotopic (exact) mass is 1960 g/mol. The van der Waals surface area contributed by atoms with Gasteiger partial charge in [0.25, 0.3) is 52.5 Å². The maximum Gasteiger partial charge on any atom is 0.279 e. The van der Waals surface area contributed by atoms with Gasteiger partial charge in [0.05, 0.1) is 116 Å². The van der Waals surface area contributed by atoms with Crippen molar-refractivity contribution in [1.82, 2.24) is 51.0 Å². The Kier molecular flexibility index (Phi) is 32.1. The Bertz CT molecular complexity index is 6840. The van der Waals surface area contributed by atoms with Gasteiger partial charge in [0, 0.05) is 115 Å². The molecule has 30 nitrogen and oxygen atoms in total. The van der Waals surface area contributed by atoms with Crippen molar-refractivity contribution in [2.75, 3.05) is 51.8 Å². The zero-order valence-electron chi connectivity index (χ0n) is 81.0. The zero-order chi connectivity index (χ0) is 101. The van der Waals surface area contributed by atoms with Crippen LogP contribution in [-0.4, -0.2) is 145 Å². The first-order chi connectivity index (χ1) is 71.1. The number of benzene rings is 9. The molecule has 3 saturated carbocycles. The average Bonchev–Trinajstić information content (AvgIpc) is 0.800. The minimum atomic E-state index is -0.610. The molecule has 746 valence electrons. The van der Waals surface area contributed by atoms with Crippen LogP contribution < -0.4 is 40.8 Å². The molecule has 13 aromatic rings. The molecular weight excluding hydrogens is 1850 g/mol. The number of ether oxygens (including phenoxy) is 4. The molecule has 4 aromatic heterocycles. The predicted molar refractivity (Wildman–Crippen MR) is 550 cm³/mol. The van der Waals surface area contributed by atoms with Crippen molar-refractivity contribution >= 4 is 58.2 Å². The second kappa shape index (κ2) is 46.9. The lowest BCUT2D eigenvalue weighted by molar-refractivity contribution is -0.384. The first-order valence-corrected chi connectivity index (χ1v) is 50.1. The third-order valence-corrected chi connectivity index (χ3v) is 28.3. The van der Waals surface area contributed by atoms with Crippen LogP contribution in [0, 0.1) is 36.2 Å². The largest absolute Gasteiger partial charge is 0.490 e. The molecule has 1 saturated heterocycles. The molecule has 146 heavy (non-hydrogen) atoms. The lowest BCUT2D eigenvalue weighted by Gasteiger charge is -2.28. The summed E-state index contributed by atoms with van der Waals surface area (Å²) in [5.74, 6) is -0.191. The van der Waals surface area contributed by atoms with E-state index in [9.17, 15) is 63.5 Å². The second-order valence-electron chi connectivity index (χ2n) is 37.9. The highest BCUT2D eigenvalue weighted by molar-refractivity contribution is 6.08. The summed E-state index contributed by atoms with van der Waals surface area (Å²) in [4.78, 5) is 134. The number of amides is 6. The van der Waals surface area contributed by atoms with E-state index in [1.807, 2.05) is 72.8 Å². The summed E-state index contributed by atoms with van der Waals surface area (Å²) in [5.41, 5.74) is 15.0. The number of nitro groups is 3. The number of fused-ring (bicyclic) bond motifs is 4. The smallest absolute Gasteiger partial charge is 0.279 e. The Balaban J connectivity index is 0.000000131. The topological polar surface area (TPSA) is 387 Å². The first-order valence-electron chi connectivity index (χ1n) is 50.1. The number of hydrogen-bond donors (Lipinski definition) is 5. The van der Waals surface area contributed by atoms with Crippen LogP contribution in [0.2, 0.25) is 0 Å². The van der Waals surface area contributed by atoms with Gasteiger partial charge < -0.3 is 50.4 Å². The zero-order valence-corrected chi connectivity index (χ0v) is 81.0. The summed E-state index contributed by atoms with van der Waals surface area (Å²) >= 11 is 0. The van der Waals surface area contributed by atoms with Crippen LogP contribution in [0.15, 0.2) is 267 Å². The van der Waals surface area contributed by atoms with E-state index in [0.29, 0.717) is 110 Å². The number of aromatic nitrogens is 4. The average molecular weight is 1970 g/mol. The molecule has 6 amide bonds. The standard InChI is InChI=1S/C41H45N5O5.2C26H25N3O4.C22H18FN3O3/c1-45(19-20-46-21-23-50-24-22-46)41(49)31-10-4-9-29(25-31)39(47)44-37-16-15-33(51-32-11-6-12-32)27-35(37)38-26-30(17-18-42-38)40(48)43-36-14-5-8-28-7-2-3-13-34(28)36;2*30-26(28-23-10-3-6-17-5-1-2-9-21(17)23)18-13-14-27-24(15-18)22-16-20(33-19-7-4-8-19)11-12-25(22)29(31)32;23-16-8-9-21(26(28)29)18(13-16)20-12-15(10-11-24-20)22(27)25-19-7-3-5-14-4-1-2-6-17(14)19/h2-4,7,9-10,13,15-18,25-27,32,36H,5-6,8,11-12,14,19-24H2,1H3,(H,43,48)(H,44,47);2*1-2,5,9,11-16,19,23H,3-4,6-8,10H2,(H,28,30);1-2,4,6,8-13,19H,3,5,7H2,(H,25,27)/t36-;2*23-;19-/m0000/s1. The number of carbonyl (C=O) groups is 6. The van der Waals surface area contributed by atoms with Crippen LogP contribution in [0.25, 0.3) is 45.0 Å². The summed E-state index contributed by atoms with van der Waals surface area (Å²) in [6, 6.07) is 70.3. The number of hydrogen-bond acceptors (Lipinski definition) is 21. The predicted octanol–water partition coefficient (Wildman–Crippen LogP) is 21.5. The normalized spacial score (nSPS) is 17.1. The SMILES string of the molecule is CN(CCN1CCOCC1)C(=O)c1cccc(C(=O)Nc2ccc(OC3CCC3)cc2-c2cc(C(=O)N[C@H]3CCCc4ccccc43)ccn2)c1.O=C(N[C@H]1CCCc2ccccc21)c1ccnc(-c2cc(F)ccc2[N+](=O)[O-])c1.O=C(N[C@H]1CCCc2ccccc21)c1ccnc(-c2cc(OC3CCC3)ccc2[N+](=O)[O-])c1.O=C(N[C@H]1CCCc2ccccc21)c1ccnc(-c2cc(OC3CCC3)ccc2[N+](=O)[O-])c1. The number of nitrogens with zero attached hydrogens (tertiary/aromatic N) is 9. The molecule has 0 spiro atoms. The summed E-state index contributed by atoms with van der Waals surface area (Å²) < 4.78 is 37.2. The van der Waals surface area contributed by atoms with Gasteiger partial charge in [-0.2, -0.15) is 0 Å². The van der Waals surface area contributed by atoms with E-state index in [1.165, 1.54) is 64.6 Å². The van der Waals surface area contributed by atoms with Gasteiger partial charge in [-0.3, -0.25) is 83.9 Å². The summed E-state index contributed by atoms with van der Waals surface area (Å²) in [5, 5.41) is 50.2. The molecule has 4 atom stereocenters. The number of nitro benzene ring substituents is 3. The van der Waals surface area contributed by atoms with E-state index in [4.69, 9.17) is 18.9 Å². The molecule has 31 heteroatoms. The lowest BCUT2D eigenvalue weighted by atomic mass is 9.87. The third-order valence-electron chi connectivity index (χ3n) is 28.3. The molecule has 5 heterocycles. The number of morpholine rings is 1. The first kappa shape index (κ1) is 100.0. The Morgan fingerprint density at radius 3 is 1.06 bits per heavy atom. The van der Waals surface area contributed by atoms with Crippen LogP contribution in [0.1, 0.15) is 240 Å². The van der Waals surface area contributed by atoms with Gasteiger partial charge >= 0.3 is 0 Å². The lowest BCUT2D eigenvalue weighted by Crippen LogP contribution is -2.41. The molecule has 1 aliphatic heterocycles. The maximum absolute atomic E-state index is 13.7. The van der Waals surface area contributed by atoms with Gasteiger partial charge in [-0.05, 0) is 301 Å². The molecule has 0 bridgehead atoms. The molecule has 21 rings (SSSR count). The number of carbonyl (C=O) groups excluding carboxylic acids is 6. The third kappa shape index (κ3) is 24.7. The van der Waals surface area contributed by atoms with Crippen molar-refractivity contribution < 1.29 is 66.9 Å². The van der Waals surface area contributed by atoms with E-state index in [0.717, 1.165) is 189 Å². The highest BCUT2D eigenvalue weighted by atomic mass is 19.1. The fourth-order valence-electron chi connectivity index (χ4n) is 19.6. The Labute approximate surface area is 844 Å². The number of anilines is 1. The van der Waals surface area contributed by atoms with E-state index in [2.05, 4.69) is 93.9 Å². The van der Waals surface area contributed by atoms with Crippen molar-refractivity contribution in [2.24, 2.45) is 0 Å².